The number of nitrogens with zero attached hydrogens (tertiary/aromatic N) is 2. The largest absolute Gasteiger partial charge is 0.356 e. The summed E-state index contributed by atoms with van der Waals surface area (Å²) in [4.78, 5) is 27.3. The number of carbonyl (C=O) groups excluding carboxylic acids is 2. The van der Waals surface area contributed by atoms with Gasteiger partial charge in [0, 0.05) is 13.6 Å². The summed E-state index contributed by atoms with van der Waals surface area (Å²) in [5.74, 6) is -0.114. The molecule has 28 heavy (non-hydrogen) atoms. The van der Waals surface area contributed by atoms with Gasteiger partial charge in [0.05, 0.1) is 23.4 Å². The van der Waals surface area contributed by atoms with E-state index in [0.29, 0.717) is 35.2 Å². The van der Waals surface area contributed by atoms with Gasteiger partial charge in [0.15, 0.2) is 5.58 Å². The Kier molecular flexibility index (Phi) is 4.86. The average molecular weight is 377 g/mol. The molecule has 2 amide bonds. The van der Waals surface area contributed by atoms with Gasteiger partial charge >= 0.3 is 0 Å². The van der Waals surface area contributed by atoms with E-state index in [4.69, 9.17) is 4.52 Å². The lowest BCUT2D eigenvalue weighted by atomic mass is 9.99. The molecular weight excluding hydrogens is 354 g/mol. The molecular formula is C22H23N3O3. The standard InChI is InChI=1S/C22H23N3O3/c1-14-11-16(22(27)23-2)20-18(12-14)28-24-21(20)17-9-6-10-25(17)19(26)13-15-7-4-3-5-8-15/h3-5,7-8,11-12,17H,6,9-10,13H2,1-2H3,(H,23,27). The Bertz CT molecular complexity index is 1030. The van der Waals surface area contributed by atoms with E-state index in [1.165, 1.54) is 0 Å². The highest BCUT2D eigenvalue weighted by atomic mass is 16.5. The molecule has 1 atom stereocenters. The second kappa shape index (κ2) is 7.46. The van der Waals surface area contributed by atoms with Gasteiger partial charge in [-0.3, -0.25) is 9.59 Å². The van der Waals surface area contributed by atoms with E-state index in [2.05, 4.69) is 10.5 Å². The molecule has 1 fully saturated rings. The molecule has 1 N–H and O–H groups in total. The van der Waals surface area contributed by atoms with Crippen molar-refractivity contribution < 1.29 is 14.1 Å². The first-order valence-corrected chi connectivity index (χ1v) is 9.54. The SMILES string of the molecule is CNC(=O)c1cc(C)cc2onc(C3CCCN3C(=O)Cc3ccccc3)c12. The normalized spacial score (nSPS) is 16.5. The van der Waals surface area contributed by atoms with Crippen LogP contribution in [0.25, 0.3) is 11.0 Å². The highest BCUT2D eigenvalue weighted by molar-refractivity contribution is 6.07. The average Bonchev–Trinajstić information content (AvgIpc) is 3.34. The van der Waals surface area contributed by atoms with Gasteiger partial charge in [-0.2, -0.15) is 0 Å². The van der Waals surface area contributed by atoms with Crippen LogP contribution in [0.2, 0.25) is 0 Å². The zero-order valence-corrected chi connectivity index (χ0v) is 16.1. The maximum atomic E-state index is 13.0. The van der Waals surface area contributed by atoms with E-state index in [1.807, 2.05) is 54.3 Å². The number of hydrogen-bond acceptors (Lipinski definition) is 4. The first kappa shape index (κ1) is 18.2. The van der Waals surface area contributed by atoms with Crippen LogP contribution in [0.1, 0.15) is 46.1 Å². The van der Waals surface area contributed by atoms with Gasteiger partial charge < -0.3 is 14.7 Å². The molecule has 144 valence electrons. The zero-order chi connectivity index (χ0) is 19.7. The lowest BCUT2D eigenvalue weighted by Crippen LogP contribution is -2.32. The van der Waals surface area contributed by atoms with Crippen LogP contribution in [-0.2, 0) is 11.2 Å². The number of carbonyl (C=O) groups is 2. The number of likely N-dealkylation sites (tertiary alicyclic amines) is 1. The van der Waals surface area contributed by atoms with Gasteiger partial charge in [-0.1, -0.05) is 35.5 Å². The number of rotatable bonds is 4. The summed E-state index contributed by atoms with van der Waals surface area (Å²) in [5, 5.41) is 7.68. The van der Waals surface area contributed by atoms with Crippen LogP contribution in [0.5, 0.6) is 0 Å². The molecule has 1 saturated heterocycles. The van der Waals surface area contributed by atoms with Crippen LogP contribution in [-0.4, -0.2) is 35.5 Å². The van der Waals surface area contributed by atoms with E-state index >= 15 is 0 Å². The third-order valence-corrected chi connectivity index (χ3v) is 5.30. The topological polar surface area (TPSA) is 75.4 Å². The lowest BCUT2D eigenvalue weighted by Gasteiger charge is -2.23. The molecule has 0 saturated carbocycles. The monoisotopic (exact) mass is 377 g/mol. The predicted octanol–water partition coefficient (Wildman–Crippen LogP) is 3.40. The van der Waals surface area contributed by atoms with Crippen molar-refractivity contribution in [2.45, 2.75) is 32.2 Å². The molecule has 3 aromatic rings. The van der Waals surface area contributed by atoms with Gasteiger partial charge in [-0.25, -0.2) is 0 Å². The molecule has 1 aromatic heterocycles. The zero-order valence-electron chi connectivity index (χ0n) is 16.1. The van der Waals surface area contributed by atoms with Crippen molar-refractivity contribution in [3.8, 4) is 0 Å². The van der Waals surface area contributed by atoms with Crippen LogP contribution < -0.4 is 5.32 Å². The number of nitrogens with one attached hydrogen (secondary N) is 1. The van der Waals surface area contributed by atoms with E-state index in [1.54, 1.807) is 7.05 Å². The Labute approximate surface area is 163 Å². The van der Waals surface area contributed by atoms with Crippen molar-refractivity contribution in [2.75, 3.05) is 13.6 Å². The van der Waals surface area contributed by atoms with Gasteiger partial charge in [-0.05, 0) is 43.0 Å². The molecule has 0 radical (unpaired) electrons. The summed E-state index contributed by atoms with van der Waals surface area (Å²) < 4.78 is 5.56. The van der Waals surface area contributed by atoms with Gasteiger partial charge in [0.2, 0.25) is 5.91 Å². The Morgan fingerprint density at radius 2 is 2.04 bits per heavy atom. The molecule has 4 rings (SSSR count). The number of hydrogen-bond donors (Lipinski definition) is 1. The molecule has 0 bridgehead atoms. The minimum atomic E-state index is -0.182. The highest BCUT2D eigenvalue weighted by Gasteiger charge is 2.34. The fourth-order valence-corrected chi connectivity index (χ4v) is 4.00. The minimum absolute atomic E-state index is 0.0680. The summed E-state index contributed by atoms with van der Waals surface area (Å²) in [6, 6.07) is 13.3. The second-order valence-corrected chi connectivity index (χ2v) is 7.24. The third-order valence-electron chi connectivity index (χ3n) is 5.30. The molecule has 2 aromatic carbocycles. The molecule has 6 heteroatoms. The summed E-state index contributed by atoms with van der Waals surface area (Å²) in [7, 11) is 1.61. The molecule has 1 aliphatic heterocycles. The maximum Gasteiger partial charge on any atom is 0.251 e. The van der Waals surface area contributed by atoms with Crippen LogP contribution in [0, 0.1) is 6.92 Å². The third kappa shape index (κ3) is 3.26. The number of amides is 2. The van der Waals surface area contributed by atoms with Crippen molar-refractivity contribution in [1.82, 2.24) is 15.4 Å². The lowest BCUT2D eigenvalue weighted by molar-refractivity contribution is -0.131. The molecule has 1 aliphatic rings. The first-order valence-electron chi connectivity index (χ1n) is 9.54. The molecule has 6 nitrogen and oxygen atoms in total. The Hall–Kier alpha value is -3.15. The van der Waals surface area contributed by atoms with E-state index in [0.717, 1.165) is 24.0 Å². The Morgan fingerprint density at radius 3 is 2.79 bits per heavy atom. The van der Waals surface area contributed by atoms with Crippen LogP contribution in [0.4, 0.5) is 0 Å². The molecule has 0 spiro atoms. The minimum Gasteiger partial charge on any atom is -0.356 e. The van der Waals surface area contributed by atoms with Gasteiger partial charge in [0.25, 0.3) is 5.91 Å². The van der Waals surface area contributed by atoms with Crippen LogP contribution >= 0.6 is 0 Å². The van der Waals surface area contributed by atoms with Crippen molar-refractivity contribution >= 4 is 22.8 Å². The van der Waals surface area contributed by atoms with Crippen molar-refractivity contribution in [2.24, 2.45) is 0 Å². The van der Waals surface area contributed by atoms with Crippen molar-refractivity contribution in [3.05, 3.63) is 64.8 Å². The predicted molar refractivity (Wildman–Crippen MR) is 106 cm³/mol. The van der Waals surface area contributed by atoms with E-state index < -0.39 is 0 Å². The fourth-order valence-electron chi connectivity index (χ4n) is 4.00. The van der Waals surface area contributed by atoms with Crippen molar-refractivity contribution in [3.63, 3.8) is 0 Å². The van der Waals surface area contributed by atoms with Gasteiger partial charge in [0.1, 0.15) is 5.69 Å². The number of aryl methyl sites for hydroxylation is 1. The number of fused-ring (bicyclic) bond motifs is 1. The van der Waals surface area contributed by atoms with Crippen LogP contribution in [0.15, 0.2) is 47.0 Å². The highest BCUT2D eigenvalue weighted by Crippen LogP contribution is 2.37. The van der Waals surface area contributed by atoms with Gasteiger partial charge in [-0.15, -0.1) is 0 Å². The van der Waals surface area contributed by atoms with Crippen molar-refractivity contribution in [1.29, 1.82) is 0 Å². The Morgan fingerprint density at radius 1 is 1.25 bits per heavy atom. The number of benzene rings is 2. The summed E-state index contributed by atoms with van der Waals surface area (Å²) >= 11 is 0. The summed E-state index contributed by atoms with van der Waals surface area (Å²) in [5.41, 5.74) is 3.71. The Balaban J connectivity index is 1.70. The maximum absolute atomic E-state index is 13.0. The summed E-state index contributed by atoms with van der Waals surface area (Å²) in [6.45, 7) is 2.60. The van der Waals surface area contributed by atoms with Crippen LogP contribution in [0.3, 0.4) is 0 Å². The summed E-state index contributed by atoms with van der Waals surface area (Å²) in [6.07, 6.45) is 2.07. The molecule has 0 aliphatic carbocycles. The molecule has 1 unspecified atom stereocenters. The second-order valence-electron chi connectivity index (χ2n) is 7.24. The van der Waals surface area contributed by atoms with E-state index in [-0.39, 0.29) is 17.9 Å². The smallest absolute Gasteiger partial charge is 0.251 e. The van der Waals surface area contributed by atoms with E-state index in [9.17, 15) is 9.59 Å². The molecule has 2 heterocycles. The fraction of sp³-hybridized carbons (Fsp3) is 0.318. The quantitative estimate of drug-likeness (QED) is 0.756. The number of aromatic nitrogens is 1. The first-order chi connectivity index (χ1) is 13.6.